The minimum absolute atomic E-state index is 0.751. The average Bonchev–Trinajstić information content (AvgIpc) is 3.97. The SMILES string of the molecule is c1cc(-c2cccc(-n3ccc4c5cc(-n6ccc7c8ccccc8oc76)ccc5oc43)n2)cc(-n2ccc3c4ccccc4oc32)c1. The number of rotatable bonds is 4. The quantitative estimate of drug-likeness (QED) is 0.196. The lowest BCUT2D eigenvalue weighted by Crippen LogP contribution is -1.97. The number of hydrogen-bond acceptors (Lipinski definition) is 4. The van der Waals surface area contributed by atoms with E-state index in [1.165, 1.54) is 0 Å². The lowest BCUT2D eigenvalue weighted by atomic mass is 10.1. The molecule has 0 N–H and O–H groups in total. The molecule has 0 spiro atoms. The van der Waals surface area contributed by atoms with Crippen molar-refractivity contribution in [3.63, 3.8) is 0 Å². The van der Waals surface area contributed by atoms with Gasteiger partial charge in [0, 0.05) is 67.8 Å². The van der Waals surface area contributed by atoms with Gasteiger partial charge in [-0.05, 0) is 72.8 Å². The standard InChI is InChI=1S/C41H24N4O3/c1-3-12-35-28(9-1)30-17-20-43(39(30)46-35)26-8-5-7-25(23-26)34-11-6-14-38(42-34)45-22-19-32-33-24-27(15-16-37(33)48-41(32)45)44-21-18-31-29-10-2-4-13-36(29)47-40(31)44/h1-24H. The van der Waals surface area contributed by atoms with Crippen LogP contribution in [0.1, 0.15) is 0 Å². The van der Waals surface area contributed by atoms with E-state index in [4.69, 9.17) is 18.2 Å². The molecule has 226 valence electrons. The molecule has 0 aliphatic heterocycles. The molecule has 7 heterocycles. The van der Waals surface area contributed by atoms with E-state index in [-0.39, 0.29) is 0 Å². The number of pyridine rings is 1. The summed E-state index contributed by atoms with van der Waals surface area (Å²) in [4.78, 5) is 5.09. The molecule has 0 bridgehead atoms. The summed E-state index contributed by atoms with van der Waals surface area (Å²) < 4.78 is 25.1. The molecule has 0 fully saturated rings. The normalized spacial score (nSPS) is 12.2. The molecule has 0 radical (unpaired) electrons. The zero-order valence-corrected chi connectivity index (χ0v) is 25.4. The molecule has 4 aromatic carbocycles. The van der Waals surface area contributed by atoms with Crippen LogP contribution in [0.2, 0.25) is 0 Å². The average molecular weight is 621 g/mol. The maximum absolute atomic E-state index is 6.44. The molecule has 11 aromatic rings. The van der Waals surface area contributed by atoms with Gasteiger partial charge in [0.1, 0.15) is 22.6 Å². The largest absolute Gasteiger partial charge is 0.439 e. The second kappa shape index (κ2) is 9.40. The van der Waals surface area contributed by atoms with Crippen LogP contribution in [0.25, 0.3) is 94.7 Å². The molecule has 0 unspecified atom stereocenters. The van der Waals surface area contributed by atoms with Crippen molar-refractivity contribution in [2.24, 2.45) is 0 Å². The number of fused-ring (bicyclic) bond motifs is 9. The van der Waals surface area contributed by atoms with Crippen molar-refractivity contribution >= 4 is 66.2 Å². The molecule has 0 saturated carbocycles. The first-order chi connectivity index (χ1) is 23.8. The molecule has 7 aromatic heterocycles. The molecular formula is C41H24N4O3. The van der Waals surface area contributed by atoms with Gasteiger partial charge in [0.05, 0.1) is 5.69 Å². The summed E-state index contributed by atoms with van der Waals surface area (Å²) >= 11 is 0. The van der Waals surface area contributed by atoms with Crippen molar-refractivity contribution in [3.05, 3.63) is 146 Å². The number of nitrogens with zero attached hydrogens (tertiary/aromatic N) is 4. The van der Waals surface area contributed by atoms with Gasteiger partial charge in [0.25, 0.3) is 0 Å². The van der Waals surface area contributed by atoms with Crippen LogP contribution in [0.5, 0.6) is 0 Å². The summed E-state index contributed by atoms with van der Waals surface area (Å²) in [7, 11) is 0. The van der Waals surface area contributed by atoms with Crippen molar-refractivity contribution < 1.29 is 13.3 Å². The van der Waals surface area contributed by atoms with Gasteiger partial charge in [-0.3, -0.25) is 13.7 Å². The number of aromatic nitrogens is 4. The second-order valence-electron chi connectivity index (χ2n) is 12.1. The monoisotopic (exact) mass is 620 g/mol. The number of para-hydroxylation sites is 2. The molecule has 0 atom stereocenters. The van der Waals surface area contributed by atoms with Crippen LogP contribution >= 0.6 is 0 Å². The van der Waals surface area contributed by atoms with Gasteiger partial charge in [0.15, 0.2) is 0 Å². The first-order valence-electron chi connectivity index (χ1n) is 15.9. The third kappa shape index (κ3) is 3.55. The number of benzene rings is 4. The summed E-state index contributed by atoms with van der Waals surface area (Å²) in [6, 6.07) is 43.3. The Hall–Kier alpha value is -6.73. The maximum Gasteiger partial charge on any atom is 0.213 e. The predicted octanol–water partition coefficient (Wildman–Crippen LogP) is 10.8. The zero-order chi connectivity index (χ0) is 31.3. The van der Waals surface area contributed by atoms with Crippen molar-refractivity contribution in [1.29, 1.82) is 0 Å². The fraction of sp³-hybridized carbons (Fsp3) is 0. The van der Waals surface area contributed by atoms with E-state index >= 15 is 0 Å². The highest BCUT2D eigenvalue weighted by atomic mass is 16.3. The van der Waals surface area contributed by atoms with Gasteiger partial charge in [-0.15, -0.1) is 0 Å². The van der Waals surface area contributed by atoms with E-state index in [1.54, 1.807) is 0 Å². The van der Waals surface area contributed by atoms with Crippen LogP contribution in [0.3, 0.4) is 0 Å². The fourth-order valence-corrected chi connectivity index (χ4v) is 7.14. The van der Waals surface area contributed by atoms with Gasteiger partial charge in [-0.25, -0.2) is 4.98 Å². The summed E-state index contributed by atoms with van der Waals surface area (Å²) in [6.07, 6.45) is 6.14. The second-order valence-corrected chi connectivity index (χ2v) is 12.1. The highest BCUT2D eigenvalue weighted by molar-refractivity contribution is 6.07. The molecule has 0 amide bonds. The first kappa shape index (κ1) is 25.5. The Morgan fingerprint density at radius 3 is 1.67 bits per heavy atom. The Morgan fingerprint density at radius 1 is 0.396 bits per heavy atom. The molecule has 0 saturated heterocycles. The molecule has 11 rings (SSSR count). The highest BCUT2D eigenvalue weighted by Gasteiger charge is 2.18. The van der Waals surface area contributed by atoms with E-state index in [2.05, 4.69) is 88.3 Å². The Morgan fingerprint density at radius 2 is 0.958 bits per heavy atom. The molecule has 48 heavy (non-hydrogen) atoms. The Kier molecular flexibility index (Phi) is 4.99. The molecule has 0 aliphatic rings. The first-order valence-corrected chi connectivity index (χ1v) is 15.9. The lowest BCUT2D eigenvalue weighted by molar-refractivity contribution is 0.639. The third-order valence-electron chi connectivity index (χ3n) is 9.43. The Labute approximate surface area is 272 Å². The van der Waals surface area contributed by atoms with E-state index in [0.717, 1.165) is 94.7 Å². The summed E-state index contributed by atoms with van der Waals surface area (Å²) in [5.41, 5.74) is 8.89. The van der Waals surface area contributed by atoms with Gasteiger partial charge >= 0.3 is 0 Å². The van der Waals surface area contributed by atoms with E-state index in [0.29, 0.717) is 0 Å². The van der Waals surface area contributed by atoms with Crippen LogP contribution in [-0.2, 0) is 0 Å². The van der Waals surface area contributed by atoms with Crippen LogP contribution < -0.4 is 0 Å². The summed E-state index contributed by atoms with van der Waals surface area (Å²) in [5, 5.41) is 6.49. The smallest absolute Gasteiger partial charge is 0.213 e. The van der Waals surface area contributed by atoms with Crippen LogP contribution in [0, 0.1) is 0 Å². The lowest BCUT2D eigenvalue weighted by Gasteiger charge is -2.09. The Bertz CT molecular complexity index is 3030. The predicted molar refractivity (Wildman–Crippen MR) is 189 cm³/mol. The van der Waals surface area contributed by atoms with Crippen LogP contribution in [0.15, 0.2) is 159 Å². The maximum atomic E-state index is 6.44. The van der Waals surface area contributed by atoms with Crippen LogP contribution in [0.4, 0.5) is 0 Å². The number of furan rings is 3. The summed E-state index contributed by atoms with van der Waals surface area (Å²) in [5.74, 6) is 0.780. The topological polar surface area (TPSA) is 67.1 Å². The van der Waals surface area contributed by atoms with Gasteiger partial charge in [-0.1, -0.05) is 54.6 Å². The van der Waals surface area contributed by atoms with Gasteiger partial charge < -0.3 is 13.3 Å². The highest BCUT2D eigenvalue weighted by Crippen LogP contribution is 2.36. The zero-order valence-electron chi connectivity index (χ0n) is 25.4. The van der Waals surface area contributed by atoms with Crippen molar-refractivity contribution in [2.75, 3.05) is 0 Å². The molecular weight excluding hydrogens is 596 g/mol. The van der Waals surface area contributed by atoms with Gasteiger partial charge in [-0.2, -0.15) is 0 Å². The number of hydrogen-bond donors (Lipinski definition) is 0. The van der Waals surface area contributed by atoms with Crippen molar-refractivity contribution in [1.82, 2.24) is 18.7 Å². The summed E-state index contributed by atoms with van der Waals surface area (Å²) in [6.45, 7) is 0. The van der Waals surface area contributed by atoms with E-state index < -0.39 is 0 Å². The minimum Gasteiger partial charge on any atom is -0.439 e. The molecule has 7 heteroatoms. The molecule has 0 aliphatic carbocycles. The van der Waals surface area contributed by atoms with Gasteiger partial charge in [0.2, 0.25) is 17.1 Å². The van der Waals surface area contributed by atoms with E-state index in [1.807, 2.05) is 71.4 Å². The van der Waals surface area contributed by atoms with Crippen molar-refractivity contribution in [2.45, 2.75) is 0 Å². The molecule has 7 nitrogen and oxygen atoms in total. The van der Waals surface area contributed by atoms with E-state index in [9.17, 15) is 0 Å². The Balaban J connectivity index is 0.977. The third-order valence-corrected chi connectivity index (χ3v) is 9.43. The minimum atomic E-state index is 0.751. The van der Waals surface area contributed by atoms with Crippen LogP contribution in [-0.4, -0.2) is 18.7 Å². The fourth-order valence-electron chi connectivity index (χ4n) is 7.14. The van der Waals surface area contributed by atoms with Crippen molar-refractivity contribution in [3.8, 4) is 28.5 Å².